The zero-order valence-corrected chi connectivity index (χ0v) is 8.40. The minimum absolute atomic E-state index is 0.510. The molecule has 1 aromatic rings. The lowest BCUT2D eigenvalue weighted by molar-refractivity contribution is 0.361. The van der Waals surface area contributed by atoms with E-state index in [0.29, 0.717) is 12.4 Å². The molecule has 0 fully saturated rings. The zero-order valence-electron chi connectivity index (χ0n) is 8.40. The number of hydrogen-bond donors (Lipinski definition) is 0. The highest BCUT2D eigenvalue weighted by Gasteiger charge is 2.08. The molecule has 0 aliphatic carbocycles. The van der Waals surface area contributed by atoms with Gasteiger partial charge in [0.05, 0.1) is 0 Å². The van der Waals surface area contributed by atoms with Crippen LogP contribution in [0.5, 0.6) is 11.5 Å². The van der Waals surface area contributed by atoms with E-state index in [0.717, 1.165) is 17.1 Å². The first kappa shape index (κ1) is 9.59. The molecule has 0 aromatic heterocycles. The van der Waals surface area contributed by atoms with Crippen molar-refractivity contribution < 1.29 is 9.47 Å². The topological polar surface area (TPSA) is 18.5 Å². The Kier molecular flexibility index (Phi) is 2.59. The average Bonchev–Trinajstić information content (AvgIpc) is 2.26. The van der Waals surface area contributed by atoms with Crippen molar-refractivity contribution in [1.29, 1.82) is 0 Å². The Hall–Kier alpha value is -1.96. The molecule has 76 valence electrons. The van der Waals surface area contributed by atoms with Gasteiger partial charge < -0.3 is 9.47 Å². The van der Waals surface area contributed by atoms with Crippen molar-refractivity contribution in [2.75, 3.05) is 6.61 Å². The third-order valence-corrected chi connectivity index (χ3v) is 2.04. The summed E-state index contributed by atoms with van der Waals surface area (Å²) in [5.74, 6) is 2.28. The number of ether oxygens (including phenoxy) is 2. The number of hydrogen-bond acceptors (Lipinski definition) is 2. The summed E-state index contributed by atoms with van der Waals surface area (Å²) in [5.41, 5.74) is 1.00. The van der Waals surface area contributed by atoms with Crippen LogP contribution in [0.15, 0.2) is 49.3 Å². The Morgan fingerprint density at radius 1 is 1.33 bits per heavy atom. The molecule has 0 spiro atoms. The maximum atomic E-state index is 5.43. The first-order valence-electron chi connectivity index (χ1n) is 4.72. The minimum Gasteiger partial charge on any atom is -0.490 e. The predicted octanol–water partition coefficient (Wildman–Crippen LogP) is 3.17. The van der Waals surface area contributed by atoms with Gasteiger partial charge in [-0.3, -0.25) is 0 Å². The van der Waals surface area contributed by atoms with Crippen molar-refractivity contribution in [3.05, 3.63) is 54.8 Å². The van der Waals surface area contributed by atoms with Gasteiger partial charge in [0.2, 0.25) is 0 Å². The number of allylic oxidation sites excluding steroid dienone is 1. The summed E-state index contributed by atoms with van der Waals surface area (Å²) >= 11 is 0. The molecule has 0 saturated heterocycles. The molecule has 1 aromatic carbocycles. The fourth-order valence-corrected chi connectivity index (χ4v) is 1.35. The van der Waals surface area contributed by atoms with E-state index in [1.54, 1.807) is 6.08 Å². The van der Waals surface area contributed by atoms with Crippen LogP contribution in [-0.2, 0) is 0 Å². The Morgan fingerprint density at radius 2 is 2.20 bits per heavy atom. The normalized spacial score (nSPS) is 12.9. The van der Waals surface area contributed by atoms with Gasteiger partial charge in [-0.2, -0.15) is 0 Å². The van der Waals surface area contributed by atoms with Gasteiger partial charge in [0.25, 0.3) is 0 Å². The van der Waals surface area contributed by atoms with E-state index >= 15 is 0 Å². The van der Waals surface area contributed by atoms with E-state index in [-0.39, 0.29) is 0 Å². The number of rotatable bonds is 3. The van der Waals surface area contributed by atoms with E-state index in [2.05, 4.69) is 13.2 Å². The summed E-state index contributed by atoms with van der Waals surface area (Å²) in [4.78, 5) is 0. The molecular formula is C13H12O2. The Balaban J connectivity index is 2.25. The summed E-state index contributed by atoms with van der Waals surface area (Å²) in [6.07, 6.45) is 5.51. The van der Waals surface area contributed by atoms with Crippen molar-refractivity contribution in [2.45, 2.75) is 0 Å². The van der Waals surface area contributed by atoms with E-state index in [1.165, 1.54) is 0 Å². The van der Waals surface area contributed by atoms with Crippen LogP contribution in [0.1, 0.15) is 5.56 Å². The zero-order chi connectivity index (χ0) is 10.7. The summed E-state index contributed by atoms with van der Waals surface area (Å²) in [5, 5.41) is 0. The van der Waals surface area contributed by atoms with Crippen molar-refractivity contribution >= 4 is 6.08 Å². The molecule has 0 unspecified atom stereocenters. The number of fused-ring (bicyclic) bond motifs is 1. The molecular weight excluding hydrogens is 188 g/mol. The lowest BCUT2D eigenvalue weighted by Crippen LogP contribution is -1.99. The molecule has 0 atom stereocenters. The van der Waals surface area contributed by atoms with Crippen LogP contribution >= 0.6 is 0 Å². The SMILES string of the molecule is C=CCOc1ccc2c(c1)C=CC(=C)O2. The predicted molar refractivity (Wildman–Crippen MR) is 60.9 cm³/mol. The highest BCUT2D eigenvalue weighted by Crippen LogP contribution is 2.30. The van der Waals surface area contributed by atoms with Crippen LogP contribution in [0, 0.1) is 0 Å². The third-order valence-electron chi connectivity index (χ3n) is 2.04. The van der Waals surface area contributed by atoms with Crippen LogP contribution in [0.25, 0.3) is 6.08 Å². The lowest BCUT2D eigenvalue weighted by Gasteiger charge is -2.14. The van der Waals surface area contributed by atoms with Gasteiger partial charge in [-0.25, -0.2) is 0 Å². The molecule has 15 heavy (non-hydrogen) atoms. The standard InChI is InChI=1S/C13H12O2/c1-3-8-14-12-6-7-13-11(9-12)5-4-10(2)15-13/h3-7,9H,1-2,8H2. The maximum Gasteiger partial charge on any atom is 0.134 e. The fraction of sp³-hybridized carbons (Fsp3) is 0.0769. The van der Waals surface area contributed by atoms with Gasteiger partial charge >= 0.3 is 0 Å². The van der Waals surface area contributed by atoms with Crippen LogP contribution in [0.3, 0.4) is 0 Å². The Labute approximate surface area is 89.1 Å². The van der Waals surface area contributed by atoms with E-state index in [1.807, 2.05) is 30.4 Å². The summed E-state index contributed by atoms with van der Waals surface area (Å²) in [6.45, 7) is 7.84. The molecule has 0 N–H and O–H groups in total. The first-order chi connectivity index (χ1) is 7.29. The molecule has 1 aliphatic heterocycles. The molecule has 0 saturated carbocycles. The van der Waals surface area contributed by atoms with Crippen LogP contribution in [-0.4, -0.2) is 6.61 Å². The Morgan fingerprint density at radius 3 is 3.00 bits per heavy atom. The third kappa shape index (κ3) is 2.10. The van der Waals surface area contributed by atoms with Crippen LogP contribution in [0.2, 0.25) is 0 Å². The van der Waals surface area contributed by atoms with Gasteiger partial charge in [0.1, 0.15) is 23.9 Å². The van der Waals surface area contributed by atoms with Crippen LogP contribution in [0.4, 0.5) is 0 Å². The first-order valence-corrected chi connectivity index (χ1v) is 4.72. The molecule has 2 heteroatoms. The maximum absolute atomic E-state index is 5.43. The molecule has 2 rings (SSSR count). The molecule has 0 radical (unpaired) electrons. The van der Waals surface area contributed by atoms with Gasteiger partial charge in [0, 0.05) is 5.56 Å². The molecule has 1 aliphatic rings. The highest BCUT2D eigenvalue weighted by atomic mass is 16.5. The summed E-state index contributed by atoms with van der Waals surface area (Å²) < 4.78 is 10.9. The fourth-order valence-electron chi connectivity index (χ4n) is 1.35. The monoisotopic (exact) mass is 200 g/mol. The highest BCUT2D eigenvalue weighted by molar-refractivity contribution is 5.64. The lowest BCUT2D eigenvalue weighted by atomic mass is 10.1. The summed E-state index contributed by atoms with van der Waals surface area (Å²) in [6, 6.07) is 5.68. The van der Waals surface area contributed by atoms with Crippen molar-refractivity contribution in [2.24, 2.45) is 0 Å². The van der Waals surface area contributed by atoms with Gasteiger partial charge in [-0.05, 0) is 30.4 Å². The van der Waals surface area contributed by atoms with Crippen molar-refractivity contribution in [3.63, 3.8) is 0 Å². The number of benzene rings is 1. The second-order valence-corrected chi connectivity index (χ2v) is 3.20. The van der Waals surface area contributed by atoms with Crippen molar-refractivity contribution in [3.8, 4) is 11.5 Å². The van der Waals surface area contributed by atoms with Gasteiger partial charge in [0.15, 0.2) is 0 Å². The van der Waals surface area contributed by atoms with Gasteiger partial charge in [-0.15, -0.1) is 0 Å². The van der Waals surface area contributed by atoms with E-state index in [9.17, 15) is 0 Å². The van der Waals surface area contributed by atoms with Crippen molar-refractivity contribution in [1.82, 2.24) is 0 Å². The van der Waals surface area contributed by atoms with E-state index < -0.39 is 0 Å². The van der Waals surface area contributed by atoms with Gasteiger partial charge in [-0.1, -0.05) is 19.2 Å². The molecule has 0 amide bonds. The largest absolute Gasteiger partial charge is 0.490 e. The smallest absolute Gasteiger partial charge is 0.134 e. The summed E-state index contributed by atoms with van der Waals surface area (Å²) in [7, 11) is 0. The van der Waals surface area contributed by atoms with E-state index in [4.69, 9.17) is 9.47 Å². The second kappa shape index (κ2) is 4.05. The quantitative estimate of drug-likeness (QED) is 0.698. The molecule has 1 heterocycles. The molecule has 0 bridgehead atoms. The average molecular weight is 200 g/mol. The second-order valence-electron chi connectivity index (χ2n) is 3.20. The Bertz CT molecular complexity index is 430. The molecule has 2 nitrogen and oxygen atoms in total. The van der Waals surface area contributed by atoms with Crippen LogP contribution < -0.4 is 9.47 Å². The minimum atomic E-state index is 0.510.